The largest absolute Gasteiger partial charge is 0.507 e. The zero-order valence-electron chi connectivity index (χ0n) is 19.5. The molecular weight excluding hydrogens is 433 g/mol. The van der Waals surface area contributed by atoms with Gasteiger partial charge in [-0.3, -0.25) is 14.5 Å². The van der Waals surface area contributed by atoms with Gasteiger partial charge in [0.15, 0.2) is 0 Å². The van der Waals surface area contributed by atoms with E-state index in [0.29, 0.717) is 17.2 Å². The molecule has 3 aromatic rings. The van der Waals surface area contributed by atoms with E-state index in [1.165, 1.54) is 24.1 Å². The maximum absolute atomic E-state index is 14.1. The summed E-state index contributed by atoms with van der Waals surface area (Å²) >= 11 is 0. The van der Waals surface area contributed by atoms with Gasteiger partial charge in [-0.1, -0.05) is 55.8 Å². The fourth-order valence-corrected chi connectivity index (χ4v) is 4.28. The third-order valence-corrected chi connectivity index (χ3v) is 6.06. The van der Waals surface area contributed by atoms with Gasteiger partial charge in [0, 0.05) is 5.69 Å². The normalized spacial score (nSPS) is 17.5. The number of amides is 1. The zero-order chi connectivity index (χ0) is 24.6. The van der Waals surface area contributed by atoms with Crippen LogP contribution in [0.15, 0.2) is 72.3 Å². The molecule has 1 unspecified atom stereocenters. The number of anilines is 1. The van der Waals surface area contributed by atoms with Crippen LogP contribution in [0, 0.1) is 12.7 Å². The van der Waals surface area contributed by atoms with Gasteiger partial charge in [-0.25, -0.2) is 4.39 Å². The Morgan fingerprint density at radius 1 is 1.03 bits per heavy atom. The van der Waals surface area contributed by atoms with Gasteiger partial charge < -0.3 is 9.84 Å². The number of nitrogens with zero attached hydrogens (tertiary/aromatic N) is 1. The van der Waals surface area contributed by atoms with Gasteiger partial charge >= 0.3 is 0 Å². The Bertz CT molecular complexity index is 1290. The van der Waals surface area contributed by atoms with Crippen LogP contribution in [0.2, 0.25) is 0 Å². The topological polar surface area (TPSA) is 66.8 Å². The van der Waals surface area contributed by atoms with E-state index in [2.05, 4.69) is 13.8 Å². The van der Waals surface area contributed by atoms with Crippen molar-refractivity contribution in [1.29, 1.82) is 0 Å². The number of benzene rings is 3. The van der Waals surface area contributed by atoms with Gasteiger partial charge in [0.05, 0.1) is 24.3 Å². The zero-order valence-corrected chi connectivity index (χ0v) is 19.5. The standard InChI is InChI=1S/C28H26FNO4/c1-16(2)18-8-11-21(12-9-18)30-25(19-7-5-6-17(3)14-19)24(27(32)28(30)33)26(31)22-15-20(29)10-13-23(22)34-4/h5-16,25,31H,1-4H3/b26-24+. The Hall–Kier alpha value is -3.93. The third kappa shape index (κ3) is 4.07. The summed E-state index contributed by atoms with van der Waals surface area (Å²) in [5.41, 5.74) is 3.10. The van der Waals surface area contributed by atoms with Crippen LogP contribution in [0.25, 0.3) is 5.76 Å². The van der Waals surface area contributed by atoms with Crippen molar-refractivity contribution < 1.29 is 23.8 Å². The highest BCUT2D eigenvalue weighted by Gasteiger charge is 2.47. The molecule has 0 aromatic heterocycles. The highest BCUT2D eigenvalue weighted by molar-refractivity contribution is 6.51. The van der Waals surface area contributed by atoms with E-state index in [9.17, 15) is 19.1 Å². The predicted octanol–water partition coefficient (Wildman–Crippen LogP) is 5.89. The molecule has 0 radical (unpaired) electrons. The van der Waals surface area contributed by atoms with Gasteiger partial charge in [-0.2, -0.15) is 0 Å². The maximum Gasteiger partial charge on any atom is 0.300 e. The maximum atomic E-state index is 14.1. The number of ketones is 1. The van der Waals surface area contributed by atoms with Crippen LogP contribution in [0.3, 0.4) is 0 Å². The van der Waals surface area contributed by atoms with Crippen LogP contribution < -0.4 is 9.64 Å². The van der Waals surface area contributed by atoms with E-state index in [4.69, 9.17) is 4.74 Å². The Labute approximate surface area is 198 Å². The predicted molar refractivity (Wildman–Crippen MR) is 129 cm³/mol. The van der Waals surface area contributed by atoms with E-state index < -0.39 is 29.3 Å². The van der Waals surface area contributed by atoms with Gasteiger partial charge in [0.2, 0.25) is 0 Å². The van der Waals surface area contributed by atoms with Crippen molar-refractivity contribution in [3.05, 3.63) is 100 Å². The number of aryl methyl sites for hydroxylation is 1. The Morgan fingerprint density at radius 2 is 1.74 bits per heavy atom. The quantitative estimate of drug-likeness (QED) is 0.293. The molecule has 34 heavy (non-hydrogen) atoms. The lowest BCUT2D eigenvalue weighted by Gasteiger charge is -2.26. The molecule has 0 spiro atoms. The summed E-state index contributed by atoms with van der Waals surface area (Å²) in [6.07, 6.45) is 0. The minimum Gasteiger partial charge on any atom is -0.507 e. The minimum absolute atomic E-state index is 0.00769. The molecule has 4 rings (SSSR count). The summed E-state index contributed by atoms with van der Waals surface area (Å²) in [6.45, 7) is 6.05. The first-order chi connectivity index (χ1) is 16.2. The van der Waals surface area contributed by atoms with Gasteiger partial charge in [-0.05, 0) is 54.3 Å². The third-order valence-electron chi connectivity index (χ3n) is 6.06. The second-order valence-corrected chi connectivity index (χ2v) is 8.67. The molecule has 1 atom stereocenters. The van der Waals surface area contributed by atoms with Crippen molar-refractivity contribution in [2.45, 2.75) is 32.7 Å². The number of aliphatic hydroxyl groups is 1. The molecule has 1 aliphatic heterocycles. The molecule has 0 saturated carbocycles. The van der Waals surface area contributed by atoms with Crippen molar-refractivity contribution >= 4 is 23.1 Å². The molecule has 1 N–H and O–H groups in total. The molecule has 3 aromatic carbocycles. The summed E-state index contributed by atoms with van der Waals surface area (Å²) in [5.74, 6) is -2.20. The first-order valence-electron chi connectivity index (χ1n) is 11.0. The minimum atomic E-state index is -0.891. The van der Waals surface area contributed by atoms with Crippen LogP contribution in [0.4, 0.5) is 10.1 Å². The molecule has 0 aliphatic carbocycles. The Morgan fingerprint density at radius 3 is 2.35 bits per heavy atom. The van der Waals surface area contributed by atoms with Crippen LogP contribution >= 0.6 is 0 Å². The summed E-state index contributed by atoms with van der Waals surface area (Å²) in [5, 5.41) is 11.3. The van der Waals surface area contributed by atoms with Crippen molar-refractivity contribution in [3.63, 3.8) is 0 Å². The smallest absolute Gasteiger partial charge is 0.300 e. The fraction of sp³-hybridized carbons (Fsp3) is 0.214. The van der Waals surface area contributed by atoms with E-state index in [0.717, 1.165) is 17.2 Å². The molecule has 1 fully saturated rings. The second-order valence-electron chi connectivity index (χ2n) is 8.67. The molecule has 0 bridgehead atoms. The van der Waals surface area contributed by atoms with E-state index in [-0.39, 0.29) is 16.9 Å². The number of hydrogen-bond donors (Lipinski definition) is 1. The van der Waals surface area contributed by atoms with E-state index in [1.807, 2.05) is 37.3 Å². The number of halogens is 1. The van der Waals surface area contributed by atoms with Crippen LogP contribution in [0.1, 0.15) is 48.1 Å². The summed E-state index contributed by atoms with van der Waals surface area (Å²) in [7, 11) is 1.39. The monoisotopic (exact) mass is 459 g/mol. The van der Waals surface area contributed by atoms with Crippen molar-refractivity contribution in [2.24, 2.45) is 0 Å². The summed E-state index contributed by atoms with van der Waals surface area (Å²) < 4.78 is 19.4. The van der Waals surface area contributed by atoms with Crippen molar-refractivity contribution in [3.8, 4) is 5.75 Å². The molecule has 1 amide bonds. The molecular formula is C28H26FNO4. The lowest BCUT2D eigenvalue weighted by molar-refractivity contribution is -0.132. The summed E-state index contributed by atoms with van der Waals surface area (Å²) in [6, 6.07) is 17.6. The van der Waals surface area contributed by atoms with E-state index >= 15 is 0 Å². The number of aliphatic hydroxyl groups excluding tert-OH is 1. The Kier molecular flexibility index (Phi) is 6.24. The number of carbonyl (C=O) groups is 2. The fourth-order valence-electron chi connectivity index (χ4n) is 4.28. The average molecular weight is 460 g/mol. The lowest BCUT2D eigenvalue weighted by atomic mass is 9.93. The van der Waals surface area contributed by atoms with E-state index in [1.54, 1.807) is 18.2 Å². The number of ether oxygens (including phenoxy) is 1. The number of hydrogen-bond acceptors (Lipinski definition) is 4. The highest BCUT2D eigenvalue weighted by atomic mass is 19.1. The van der Waals surface area contributed by atoms with Crippen molar-refractivity contribution in [2.75, 3.05) is 12.0 Å². The Balaban J connectivity index is 1.96. The van der Waals surface area contributed by atoms with Crippen LogP contribution in [-0.4, -0.2) is 23.9 Å². The number of rotatable bonds is 5. The molecule has 6 heteroatoms. The molecule has 1 heterocycles. The number of methoxy groups -OCH3 is 1. The lowest BCUT2D eigenvalue weighted by Crippen LogP contribution is -2.29. The van der Waals surface area contributed by atoms with Crippen LogP contribution in [-0.2, 0) is 9.59 Å². The van der Waals surface area contributed by atoms with Gasteiger partial charge in [0.1, 0.15) is 17.3 Å². The molecule has 174 valence electrons. The number of Topliss-reactive ketones (excluding diaryl/α,β-unsaturated/α-hetero) is 1. The SMILES string of the molecule is COc1ccc(F)cc1/C(O)=C1\C(=O)C(=O)N(c2ccc(C(C)C)cc2)C1c1cccc(C)c1. The van der Waals surface area contributed by atoms with Gasteiger partial charge in [0.25, 0.3) is 11.7 Å². The first kappa shape index (κ1) is 23.2. The van der Waals surface area contributed by atoms with Gasteiger partial charge in [-0.15, -0.1) is 0 Å². The molecule has 1 aliphatic rings. The summed E-state index contributed by atoms with van der Waals surface area (Å²) in [4.78, 5) is 28.0. The molecule has 5 nitrogen and oxygen atoms in total. The second kappa shape index (κ2) is 9.14. The number of carbonyl (C=O) groups excluding carboxylic acids is 2. The average Bonchev–Trinajstić information content (AvgIpc) is 3.09. The molecule has 1 saturated heterocycles. The van der Waals surface area contributed by atoms with Crippen LogP contribution in [0.5, 0.6) is 5.75 Å². The highest BCUT2D eigenvalue weighted by Crippen LogP contribution is 2.43. The first-order valence-corrected chi connectivity index (χ1v) is 11.0. The van der Waals surface area contributed by atoms with Crippen molar-refractivity contribution in [1.82, 2.24) is 0 Å².